The first-order valence-electron chi connectivity index (χ1n) is 5.73. The molecule has 0 amide bonds. The van der Waals surface area contributed by atoms with E-state index in [-0.39, 0.29) is 6.04 Å². The van der Waals surface area contributed by atoms with Crippen molar-refractivity contribution in [2.24, 2.45) is 0 Å². The Labute approximate surface area is 109 Å². The molecule has 0 spiro atoms. The molecule has 5 nitrogen and oxygen atoms in total. The van der Waals surface area contributed by atoms with Crippen molar-refractivity contribution in [1.29, 1.82) is 0 Å². The molecule has 2 unspecified atom stereocenters. The summed E-state index contributed by atoms with van der Waals surface area (Å²) in [5.41, 5.74) is 0.396. The summed E-state index contributed by atoms with van der Waals surface area (Å²) in [4.78, 5) is 15.8. The van der Waals surface area contributed by atoms with Crippen LogP contribution in [0.25, 0.3) is 0 Å². The second-order valence-electron chi connectivity index (χ2n) is 3.91. The van der Waals surface area contributed by atoms with E-state index < -0.39 is 16.8 Å². The van der Waals surface area contributed by atoms with Gasteiger partial charge < -0.3 is 10.1 Å². The number of carbonyl (C=O) groups excluding carboxylic acids is 1. The van der Waals surface area contributed by atoms with Gasteiger partial charge in [0.05, 0.1) is 6.61 Å². The number of esters is 1. The van der Waals surface area contributed by atoms with Crippen molar-refractivity contribution in [2.45, 2.75) is 19.9 Å². The third-order valence-corrected chi connectivity index (χ3v) is 3.14. The Morgan fingerprint density at radius 1 is 1.61 bits per heavy atom. The average molecular weight is 270 g/mol. The van der Waals surface area contributed by atoms with Gasteiger partial charge in [0.25, 0.3) is 0 Å². The molecule has 1 N–H and O–H groups in total. The molecule has 0 fully saturated rings. The van der Waals surface area contributed by atoms with Gasteiger partial charge in [0.2, 0.25) is 0 Å². The topological polar surface area (TPSA) is 68.3 Å². The molecule has 1 heterocycles. The summed E-state index contributed by atoms with van der Waals surface area (Å²) in [7, 11) is -0.896. The van der Waals surface area contributed by atoms with Crippen molar-refractivity contribution in [2.75, 3.05) is 23.9 Å². The van der Waals surface area contributed by atoms with Gasteiger partial charge in [-0.05, 0) is 26.0 Å². The molecule has 0 aromatic carbocycles. The van der Waals surface area contributed by atoms with E-state index in [0.29, 0.717) is 23.7 Å². The SMILES string of the molecule is CCOC(=O)c1cccnc1NC(C)CS(C)=O. The Morgan fingerprint density at radius 3 is 2.94 bits per heavy atom. The first-order valence-corrected chi connectivity index (χ1v) is 7.46. The molecule has 18 heavy (non-hydrogen) atoms. The molecule has 0 saturated heterocycles. The molecule has 100 valence electrons. The van der Waals surface area contributed by atoms with E-state index in [9.17, 15) is 9.00 Å². The molecule has 1 aromatic heterocycles. The van der Waals surface area contributed by atoms with Gasteiger partial charge in [-0.25, -0.2) is 9.78 Å². The first kappa shape index (κ1) is 14.6. The fourth-order valence-corrected chi connectivity index (χ4v) is 2.31. The van der Waals surface area contributed by atoms with Crippen LogP contribution in [0.3, 0.4) is 0 Å². The van der Waals surface area contributed by atoms with E-state index in [1.807, 2.05) is 6.92 Å². The lowest BCUT2D eigenvalue weighted by atomic mass is 10.2. The van der Waals surface area contributed by atoms with Gasteiger partial charge in [-0.1, -0.05) is 0 Å². The molecule has 0 bridgehead atoms. The predicted molar refractivity (Wildman–Crippen MR) is 72.2 cm³/mol. The van der Waals surface area contributed by atoms with Gasteiger partial charge in [0.1, 0.15) is 11.4 Å². The number of nitrogens with one attached hydrogen (secondary N) is 1. The fourth-order valence-electron chi connectivity index (χ4n) is 1.52. The van der Waals surface area contributed by atoms with Crippen LogP contribution in [0.2, 0.25) is 0 Å². The maximum absolute atomic E-state index is 11.7. The van der Waals surface area contributed by atoms with Crippen molar-refractivity contribution in [1.82, 2.24) is 4.98 Å². The largest absolute Gasteiger partial charge is 0.462 e. The van der Waals surface area contributed by atoms with Crippen molar-refractivity contribution in [3.8, 4) is 0 Å². The zero-order chi connectivity index (χ0) is 13.5. The van der Waals surface area contributed by atoms with Gasteiger partial charge in [-0.15, -0.1) is 0 Å². The number of rotatable bonds is 6. The van der Waals surface area contributed by atoms with Gasteiger partial charge in [-0.3, -0.25) is 4.21 Å². The molecule has 6 heteroatoms. The number of hydrogen-bond donors (Lipinski definition) is 1. The molecular weight excluding hydrogens is 252 g/mol. The molecular formula is C12H18N2O3S. The Bertz CT molecular complexity index is 437. The number of anilines is 1. The Morgan fingerprint density at radius 2 is 2.33 bits per heavy atom. The van der Waals surface area contributed by atoms with Gasteiger partial charge in [0.15, 0.2) is 0 Å². The molecule has 0 saturated carbocycles. The zero-order valence-corrected chi connectivity index (χ0v) is 11.6. The van der Waals surface area contributed by atoms with E-state index in [0.717, 1.165) is 0 Å². The molecule has 2 atom stereocenters. The van der Waals surface area contributed by atoms with E-state index in [4.69, 9.17) is 4.74 Å². The van der Waals surface area contributed by atoms with Crippen LogP contribution < -0.4 is 5.32 Å². The summed E-state index contributed by atoms with van der Waals surface area (Å²) >= 11 is 0. The van der Waals surface area contributed by atoms with Gasteiger partial charge in [0, 0.05) is 35.0 Å². The van der Waals surface area contributed by atoms with E-state index in [2.05, 4.69) is 10.3 Å². The minimum absolute atomic E-state index is 0.0288. The lowest BCUT2D eigenvalue weighted by Crippen LogP contribution is -2.24. The summed E-state index contributed by atoms with van der Waals surface area (Å²) in [6, 6.07) is 3.31. The van der Waals surface area contributed by atoms with Crippen LogP contribution in [0.1, 0.15) is 24.2 Å². The second-order valence-corrected chi connectivity index (χ2v) is 5.39. The first-order chi connectivity index (χ1) is 8.54. The normalized spacial score (nSPS) is 13.7. The maximum Gasteiger partial charge on any atom is 0.341 e. The van der Waals surface area contributed by atoms with Crippen LogP contribution in [-0.4, -0.2) is 39.8 Å². The van der Waals surface area contributed by atoms with Gasteiger partial charge in [-0.2, -0.15) is 0 Å². The van der Waals surface area contributed by atoms with Crippen LogP contribution in [0, 0.1) is 0 Å². The van der Waals surface area contributed by atoms with E-state index in [1.165, 1.54) is 0 Å². The zero-order valence-electron chi connectivity index (χ0n) is 10.8. The van der Waals surface area contributed by atoms with Crippen LogP contribution in [0.4, 0.5) is 5.82 Å². The minimum atomic E-state index is -0.896. The van der Waals surface area contributed by atoms with Crippen LogP contribution in [0.5, 0.6) is 0 Å². The highest BCUT2D eigenvalue weighted by Gasteiger charge is 2.15. The molecule has 1 rings (SSSR count). The lowest BCUT2D eigenvalue weighted by molar-refractivity contribution is 0.0527. The quantitative estimate of drug-likeness (QED) is 0.792. The smallest absolute Gasteiger partial charge is 0.341 e. The second kappa shape index (κ2) is 7.10. The third kappa shape index (κ3) is 4.44. The standard InChI is InChI=1S/C12H18N2O3S/c1-4-17-12(15)10-6-5-7-13-11(10)14-9(2)8-18(3)16/h5-7,9H,4,8H2,1-3H3,(H,13,14). The number of carbonyl (C=O) groups is 1. The highest BCUT2D eigenvalue weighted by Crippen LogP contribution is 2.14. The van der Waals surface area contributed by atoms with Crippen molar-refractivity contribution in [3.05, 3.63) is 23.9 Å². The number of nitrogens with zero attached hydrogens (tertiary/aromatic N) is 1. The third-order valence-electron chi connectivity index (χ3n) is 2.17. The molecule has 0 aliphatic carbocycles. The Kier molecular flexibility index (Phi) is 5.77. The minimum Gasteiger partial charge on any atom is -0.462 e. The fraction of sp³-hybridized carbons (Fsp3) is 0.500. The average Bonchev–Trinajstić information content (AvgIpc) is 2.28. The van der Waals surface area contributed by atoms with Crippen molar-refractivity contribution >= 4 is 22.6 Å². The van der Waals surface area contributed by atoms with Crippen LogP contribution in [-0.2, 0) is 15.5 Å². The molecule has 0 aliphatic rings. The van der Waals surface area contributed by atoms with Crippen LogP contribution >= 0.6 is 0 Å². The summed E-state index contributed by atoms with van der Waals surface area (Å²) in [6.45, 7) is 3.97. The number of ether oxygens (including phenoxy) is 1. The number of aromatic nitrogens is 1. The predicted octanol–water partition coefficient (Wildman–Crippen LogP) is 1.44. The van der Waals surface area contributed by atoms with Gasteiger partial charge >= 0.3 is 5.97 Å². The highest BCUT2D eigenvalue weighted by molar-refractivity contribution is 7.84. The summed E-state index contributed by atoms with van der Waals surface area (Å²) in [6.07, 6.45) is 3.24. The summed E-state index contributed by atoms with van der Waals surface area (Å²) in [5.74, 6) is 0.561. The molecule has 0 radical (unpaired) electrons. The molecule has 0 aliphatic heterocycles. The van der Waals surface area contributed by atoms with E-state index in [1.54, 1.807) is 31.5 Å². The maximum atomic E-state index is 11.7. The monoisotopic (exact) mass is 270 g/mol. The van der Waals surface area contributed by atoms with Crippen molar-refractivity contribution in [3.63, 3.8) is 0 Å². The number of pyridine rings is 1. The van der Waals surface area contributed by atoms with E-state index >= 15 is 0 Å². The summed E-state index contributed by atoms with van der Waals surface area (Å²) in [5, 5.41) is 3.08. The highest BCUT2D eigenvalue weighted by atomic mass is 32.2. The van der Waals surface area contributed by atoms with Crippen molar-refractivity contribution < 1.29 is 13.7 Å². The van der Waals surface area contributed by atoms with Crippen LogP contribution in [0.15, 0.2) is 18.3 Å². The Hall–Kier alpha value is -1.43. The molecule has 1 aromatic rings. The summed E-state index contributed by atoms with van der Waals surface area (Å²) < 4.78 is 16.1. The Balaban J connectivity index is 2.82. The lowest BCUT2D eigenvalue weighted by Gasteiger charge is -2.15. The number of hydrogen-bond acceptors (Lipinski definition) is 5.